The van der Waals surface area contributed by atoms with Crippen LogP contribution in [0.2, 0.25) is 0 Å². The predicted molar refractivity (Wildman–Crippen MR) is 247 cm³/mol. The average Bonchev–Trinajstić information content (AvgIpc) is 3.96. The first-order chi connectivity index (χ1) is 28.8. The van der Waals surface area contributed by atoms with E-state index in [9.17, 15) is 0 Å². The van der Waals surface area contributed by atoms with Gasteiger partial charge in [-0.05, 0) is 45.9 Å². The Morgan fingerprint density at radius 2 is 0.759 bits per heavy atom. The van der Waals surface area contributed by atoms with E-state index < -0.39 is 8.07 Å². The first kappa shape index (κ1) is 33.1. The van der Waals surface area contributed by atoms with E-state index in [2.05, 4.69) is 215 Å². The second-order valence-electron chi connectivity index (χ2n) is 14.9. The molecule has 0 bridgehead atoms. The third-order valence-corrected chi connectivity index (χ3v) is 17.8. The summed E-state index contributed by atoms with van der Waals surface area (Å²) < 4.78 is 7.26. The van der Waals surface area contributed by atoms with Gasteiger partial charge in [-0.1, -0.05) is 170 Å². The summed E-state index contributed by atoms with van der Waals surface area (Å²) in [6.45, 7) is 0. The van der Waals surface area contributed by atoms with Crippen molar-refractivity contribution in [2.75, 3.05) is 0 Å². The van der Waals surface area contributed by atoms with Crippen molar-refractivity contribution < 1.29 is 0 Å². The molecule has 0 N–H and O–H groups in total. The fraction of sp³-hybridized carbons (Fsp3) is 0. The zero-order valence-corrected chi connectivity index (χ0v) is 33.1. The van der Waals surface area contributed by atoms with Crippen LogP contribution in [-0.2, 0) is 0 Å². The van der Waals surface area contributed by atoms with E-state index in [1.807, 2.05) is 11.3 Å². The lowest BCUT2D eigenvalue weighted by atomic mass is 10.1. The highest BCUT2D eigenvalue weighted by atomic mass is 32.1. The molecule has 58 heavy (non-hydrogen) atoms. The van der Waals surface area contributed by atoms with Crippen molar-refractivity contribution in [3.8, 4) is 11.6 Å². The smallest absolute Gasteiger partial charge is 0.227 e. The number of hydrogen-bond acceptors (Lipinski definition) is 3. The van der Waals surface area contributed by atoms with Crippen molar-refractivity contribution in [2.45, 2.75) is 0 Å². The molecule has 0 saturated carbocycles. The monoisotopic (exact) mass is 774 g/mol. The number of fused-ring (bicyclic) bond motifs is 9. The SMILES string of the molecule is c1ccc([Si](c2ccccc2)(c2nc(-n3c4ccccc4c4ccccc43)cc(-n3c4ccccc4c4ccccc43)n2)c2cccc3c2sc2ccccc23)cc1. The zero-order chi connectivity index (χ0) is 38.2. The van der Waals surface area contributed by atoms with Crippen molar-refractivity contribution in [2.24, 2.45) is 0 Å². The van der Waals surface area contributed by atoms with Crippen LogP contribution in [0.5, 0.6) is 0 Å². The van der Waals surface area contributed by atoms with E-state index in [1.165, 1.54) is 57.3 Å². The molecule has 0 aliphatic carbocycles. The third kappa shape index (κ3) is 4.73. The lowest BCUT2D eigenvalue weighted by Gasteiger charge is -2.33. The molecule has 12 aromatic rings. The quantitative estimate of drug-likeness (QED) is 0.125. The maximum Gasteiger partial charge on any atom is 0.227 e. The molecule has 272 valence electrons. The molecule has 4 nitrogen and oxygen atoms in total. The van der Waals surface area contributed by atoms with Gasteiger partial charge in [-0.15, -0.1) is 11.3 Å². The van der Waals surface area contributed by atoms with Crippen LogP contribution in [0, 0.1) is 0 Å². The topological polar surface area (TPSA) is 35.6 Å². The number of aromatic nitrogens is 4. The molecule has 6 heteroatoms. The summed E-state index contributed by atoms with van der Waals surface area (Å²) in [7, 11) is -3.32. The highest BCUT2D eigenvalue weighted by Crippen LogP contribution is 2.36. The Bertz CT molecular complexity index is 3250. The first-order valence-electron chi connectivity index (χ1n) is 19.7. The van der Waals surface area contributed by atoms with Crippen molar-refractivity contribution in [3.63, 3.8) is 0 Å². The molecule has 4 heterocycles. The number of nitrogens with zero attached hydrogens (tertiary/aromatic N) is 4. The Morgan fingerprint density at radius 3 is 1.24 bits per heavy atom. The van der Waals surface area contributed by atoms with Crippen molar-refractivity contribution in [1.29, 1.82) is 0 Å². The highest BCUT2D eigenvalue weighted by molar-refractivity contribution is 7.30. The Balaban J connectivity index is 1.30. The molecule has 12 rings (SSSR count). The predicted octanol–water partition coefficient (Wildman–Crippen LogP) is 10.4. The molecule has 8 aromatic carbocycles. The normalized spacial score (nSPS) is 12.1. The van der Waals surface area contributed by atoms with Gasteiger partial charge in [-0.25, -0.2) is 9.97 Å². The zero-order valence-electron chi connectivity index (χ0n) is 31.3. The molecular formula is C52H34N4SSi. The molecule has 0 atom stereocenters. The van der Waals surface area contributed by atoms with Gasteiger partial charge < -0.3 is 0 Å². The van der Waals surface area contributed by atoms with Crippen molar-refractivity contribution >= 4 is 104 Å². The lowest BCUT2D eigenvalue weighted by molar-refractivity contribution is 1.01. The molecule has 0 aliphatic heterocycles. The van der Waals surface area contributed by atoms with Gasteiger partial charge in [0, 0.05) is 47.8 Å². The summed E-state index contributed by atoms with van der Waals surface area (Å²) in [6.07, 6.45) is 0. The molecule has 0 saturated heterocycles. The summed E-state index contributed by atoms with van der Waals surface area (Å²) in [5.41, 5.74) is 5.28. The molecule has 0 radical (unpaired) electrons. The van der Waals surface area contributed by atoms with Crippen molar-refractivity contribution in [1.82, 2.24) is 19.1 Å². The fourth-order valence-corrected chi connectivity index (χ4v) is 15.6. The van der Waals surface area contributed by atoms with Crippen LogP contribution in [0.1, 0.15) is 0 Å². The van der Waals surface area contributed by atoms with Crippen LogP contribution < -0.4 is 21.0 Å². The van der Waals surface area contributed by atoms with Gasteiger partial charge in [0.2, 0.25) is 8.07 Å². The minimum Gasteiger partial charge on any atom is -0.294 e. The Hall–Kier alpha value is -7.12. The highest BCUT2D eigenvalue weighted by Gasteiger charge is 2.47. The van der Waals surface area contributed by atoms with Gasteiger partial charge in [-0.3, -0.25) is 9.13 Å². The summed E-state index contributed by atoms with van der Waals surface area (Å²) in [6, 6.07) is 74.8. The van der Waals surface area contributed by atoms with Gasteiger partial charge in [-0.2, -0.15) is 0 Å². The maximum absolute atomic E-state index is 5.91. The van der Waals surface area contributed by atoms with Gasteiger partial charge in [0.15, 0.2) is 0 Å². The molecule has 4 aromatic heterocycles. The van der Waals surface area contributed by atoms with E-state index in [4.69, 9.17) is 9.97 Å². The van der Waals surface area contributed by atoms with Crippen LogP contribution in [0.3, 0.4) is 0 Å². The van der Waals surface area contributed by atoms with E-state index in [0.29, 0.717) is 0 Å². The van der Waals surface area contributed by atoms with Gasteiger partial charge in [0.05, 0.1) is 22.1 Å². The minimum atomic E-state index is -3.32. The first-order valence-corrected chi connectivity index (χ1v) is 22.5. The van der Waals surface area contributed by atoms with E-state index in [-0.39, 0.29) is 0 Å². The summed E-state index contributed by atoms with van der Waals surface area (Å²) >= 11 is 1.88. The Kier molecular flexibility index (Phi) is 7.39. The van der Waals surface area contributed by atoms with Crippen LogP contribution in [-0.4, -0.2) is 27.2 Å². The van der Waals surface area contributed by atoms with Crippen LogP contribution in [0.25, 0.3) is 75.4 Å². The van der Waals surface area contributed by atoms with Gasteiger partial charge >= 0.3 is 0 Å². The second-order valence-corrected chi connectivity index (χ2v) is 19.6. The number of rotatable bonds is 6. The number of hydrogen-bond donors (Lipinski definition) is 0. The summed E-state index contributed by atoms with van der Waals surface area (Å²) in [5.74, 6) is 1.68. The molecule has 0 spiro atoms. The van der Waals surface area contributed by atoms with Gasteiger partial charge in [0.25, 0.3) is 0 Å². The standard InChI is InChI=1S/C52H34N4SSi/c1-3-18-35(19-4-1)58(36-20-5-2-6-21-36,48-33-17-27-42-41-26-11-16-32-47(41)57-51(42)48)52-53-49(55-43-28-12-7-22-37(43)38-23-8-13-29-44(38)55)34-50(54-52)56-45-30-14-9-24-39(45)40-25-10-15-31-46(40)56/h1-34H. The second kappa shape index (κ2) is 13.0. The van der Waals surface area contributed by atoms with E-state index >= 15 is 0 Å². The molecule has 0 amide bonds. The average molecular weight is 775 g/mol. The summed E-state index contributed by atoms with van der Waals surface area (Å²) in [5, 5.41) is 11.1. The largest absolute Gasteiger partial charge is 0.294 e. The van der Waals surface area contributed by atoms with E-state index in [1.54, 1.807) is 0 Å². The third-order valence-electron chi connectivity index (χ3n) is 11.9. The van der Waals surface area contributed by atoms with Crippen LogP contribution in [0.4, 0.5) is 0 Å². The maximum atomic E-state index is 5.91. The molecule has 0 fully saturated rings. The van der Waals surface area contributed by atoms with E-state index in [0.717, 1.165) is 39.2 Å². The number of thiophene rings is 1. The molecule has 0 unspecified atom stereocenters. The molecular weight excluding hydrogens is 741 g/mol. The van der Waals surface area contributed by atoms with Gasteiger partial charge in [0.1, 0.15) is 17.1 Å². The minimum absolute atomic E-state index is 0.839. The fourth-order valence-electron chi connectivity index (χ4n) is 9.43. The number of benzene rings is 8. The molecule has 0 aliphatic rings. The Morgan fingerprint density at radius 1 is 0.362 bits per heavy atom. The lowest BCUT2D eigenvalue weighted by Crippen LogP contribution is -2.76. The van der Waals surface area contributed by atoms with Crippen molar-refractivity contribution in [3.05, 3.63) is 206 Å². The van der Waals surface area contributed by atoms with Crippen LogP contribution >= 0.6 is 11.3 Å². The Labute approximate surface area is 339 Å². The summed E-state index contributed by atoms with van der Waals surface area (Å²) in [4.78, 5) is 11.8. The number of para-hydroxylation sites is 4. The van der Waals surface area contributed by atoms with Crippen LogP contribution in [0.15, 0.2) is 206 Å².